The first-order valence-corrected chi connectivity index (χ1v) is 10.2. The van der Waals surface area contributed by atoms with Crippen LogP contribution in [-0.2, 0) is 11.2 Å². The van der Waals surface area contributed by atoms with Crippen molar-refractivity contribution in [2.45, 2.75) is 32.8 Å². The fourth-order valence-electron chi connectivity index (χ4n) is 3.39. The molecule has 0 saturated heterocycles. The van der Waals surface area contributed by atoms with Gasteiger partial charge in [-0.25, -0.2) is 0 Å². The van der Waals surface area contributed by atoms with Gasteiger partial charge in [-0.05, 0) is 50.5 Å². The molecule has 0 aromatic heterocycles. The van der Waals surface area contributed by atoms with Gasteiger partial charge in [-0.15, -0.1) is 0 Å². The number of nitrogens with one attached hydrogen (secondary N) is 2. The number of carbonyl (C=O) groups excluding carboxylic acids is 2. The number of benzene rings is 2. The fourth-order valence-corrected chi connectivity index (χ4v) is 3.64. The lowest BCUT2D eigenvalue weighted by Gasteiger charge is -2.30. The van der Waals surface area contributed by atoms with Crippen LogP contribution in [0.4, 0.5) is 5.69 Å². The van der Waals surface area contributed by atoms with E-state index < -0.39 is 5.91 Å². The minimum absolute atomic E-state index is 0.102. The molecule has 7 nitrogen and oxygen atoms in total. The number of anilines is 1. The molecule has 0 atom stereocenters. The second-order valence-corrected chi connectivity index (χ2v) is 7.72. The molecule has 8 heteroatoms. The quantitative estimate of drug-likeness (QED) is 0.685. The Morgan fingerprint density at radius 2 is 1.97 bits per heavy atom. The van der Waals surface area contributed by atoms with E-state index in [2.05, 4.69) is 16.9 Å². The number of para-hydroxylation sites is 1. The van der Waals surface area contributed by atoms with Crippen LogP contribution in [0.15, 0.2) is 36.4 Å². The van der Waals surface area contributed by atoms with E-state index in [9.17, 15) is 9.59 Å². The summed E-state index contributed by atoms with van der Waals surface area (Å²) in [5.74, 6) is -0.0901. The van der Waals surface area contributed by atoms with Gasteiger partial charge in [0, 0.05) is 17.8 Å². The molecule has 0 fully saturated rings. The molecule has 0 spiro atoms. The molecule has 0 bridgehead atoms. The van der Waals surface area contributed by atoms with Gasteiger partial charge in [0.05, 0.1) is 24.8 Å². The summed E-state index contributed by atoms with van der Waals surface area (Å²) in [7, 11) is 1.47. The van der Waals surface area contributed by atoms with Crippen LogP contribution in [0.1, 0.15) is 36.2 Å². The van der Waals surface area contributed by atoms with Crippen molar-refractivity contribution in [3.8, 4) is 11.5 Å². The number of hydrazine groups is 1. The molecule has 2 aromatic carbocycles. The monoisotopic (exact) mass is 431 g/mol. The lowest BCUT2D eigenvalue weighted by molar-refractivity contribution is -0.120. The molecule has 2 N–H and O–H groups in total. The molecule has 3 rings (SSSR count). The zero-order valence-corrected chi connectivity index (χ0v) is 18.1. The summed E-state index contributed by atoms with van der Waals surface area (Å²) in [6, 6.07) is 11.0. The SMILES string of the molecule is COc1cc(C(=O)NNC(=O)CN2CCCc3ccccc32)cc(Cl)c1OC(C)C. The van der Waals surface area contributed by atoms with Gasteiger partial charge in [-0.1, -0.05) is 29.8 Å². The largest absolute Gasteiger partial charge is 0.493 e. The van der Waals surface area contributed by atoms with Crippen LogP contribution in [0.3, 0.4) is 0 Å². The van der Waals surface area contributed by atoms with E-state index in [1.165, 1.54) is 24.8 Å². The number of carbonyl (C=O) groups is 2. The molecule has 0 unspecified atom stereocenters. The first-order valence-electron chi connectivity index (χ1n) is 9.85. The van der Waals surface area contributed by atoms with E-state index in [0.717, 1.165) is 25.1 Å². The third-order valence-corrected chi connectivity index (χ3v) is 4.98. The molecule has 0 saturated carbocycles. The van der Waals surface area contributed by atoms with E-state index in [1.807, 2.05) is 36.9 Å². The lowest BCUT2D eigenvalue weighted by atomic mass is 10.0. The highest BCUT2D eigenvalue weighted by molar-refractivity contribution is 6.32. The Labute approximate surface area is 181 Å². The summed E-state index contributed by atoms with van der Waals surface area (Å²) in [6.45, 7) is 4.68. The topological polar surface area (TPSA) is 79.9 Å². The smallest absolute Gasteiger partial charge is 0.269 e. The number of ether oxygens (including phenoxy) is 2. The van der Waals surface area contributed by atoms with Crippen LogP contribution in [0.2, 0.25) is 5.02 Å². The number of aryl methyl sites for hydroxylation is 1. The molecule has 1 aliphatic heterocycles. The highest BCUT2D eigenvalue weighted by Gasteiger charge is 2.20. The number of fused-ring (bicyclic) bond motifs is 1. The minimum atomic E-state index is -0.501. The lowest BCUT2D eigenvalue weighted by Crippen LogP contribution is -2.47. The normalized spacial score (nSPS) is 12.9. The zero-order valence-electron chi connectivity index (χ0n) is 17.3. The van der Waals surface area contributed by atoms with Gasteiger partial charge in [0.2, 0.25) is 0 Å². The van der Waals surface area contributed by atoms with Crippen molar-refractivity contribution in [3.05, 3.63) is 52.5 Å². The highest BCUT2D eigenvalue weighted by Crippen LogP contribution is 2.37. The average molecular weight is 432 g/mol. The summed E-state index contributed by atoms with van der Waals surface area (Å²) in [4.78, 5) is 26.9. The number of methoxy groups -OCH3 is 1. The van der Waals surface area contributed by atoms with Crippen LogP contribution in [0.5, 0.6) is 11.5 Å². The van der Waals surface area contributed by atoms with E-state index in [1.54, 1.807) is 0 Å². The van der Waals surface area contributed by atoms with Gasteiger partial charge in [0.25, 0.3) is 11.8 Å². The van der Waals surface area contributed by atoms with Crippen LogP contribution >= 0.6 is 11.6 Å². The number of hydrogen-bond acceptors (Lipinski definition) is 5. The molecule has 2 amide bonds. The number of amides is 2. The molecule has 1 heterocycles. The zero-order chi connectivity index (χ0) is 21.7. The molecule has 2 aromatic rings. The fraction of sp³-hybridized carbons (Fsp3) is 0.364. The van der Waals surface area contributed by atoms with Crippen LogP contribution < -0.4 is 25.2 Å². The second kappa shape index (κ2) is 9.71. The first-order chi connectivity index (χ1) is 14.4. The number of hydrogen-bond donors (Lipinski definition) is 2. The molecular weight excluding hydrogens is 406 g/mol. The van der Waals surface area contributed by atoms with Crippen molar-refractivity contribution in [2.24, 2.45) is 0 Å². The Hall–Kier alpha value is -2.93. The van der Waals surface area contributed by atoms with Crippen molar-refractivity contribution in [3.63, 3.8) is 0 Å². The maximum atomic E-state index is 12.5. The molecule has 0 radical (unpaired) electrons. The summed E-state index contributed by atoms with van der Waals surface area (Å²) < 4.78 is 10.9. The van der Waals surface area contributed by atoms with Crippen LogP contribution in [-0.4, -0.2) is 38.1 Å². The standard InChI is InChI=1S/C22H26ClN3O4/c1-14(2)30-21-17(23)11-16(12-19(21)29-3)22(28)25-24-20(27)13-26-10-6-8-15-7-4-5-9-18(15)26/h4-5,7,9,11-12,14H,6,8,10,13H2,1-3H3,(H,24,27)(H,25,28). The van der Waals surface area contributed by atoms with Crippen molar-refractivity contribution in [2.75, 3.05) is 25.1 Å². The summed E-state index contributed by atoms with van der Waals surface area (Å²) in [6.07, 6.45) is 1.89. The van der Waals surface area contributed by atoms with Crippen molar-refractivity contribution < 1.29 is 19.1 Å². The van der Waals surface area contributed by atoms with Gasteiger partial charge in [-0.2, -0.15) is 0 Å². The number of nitrogens with zero attached hydrogens (tertiary/aromatic N) is 1. The van der Waals surface area contributed by atoms with Gasteiger partial charge in [0.15, 0.2) is 11.5 Å². The highest BCUT2D eigenvalue weighted by atomic mass is 35.5. The van der Waals surface area contributed by atoms with E-state index in [4.69, 9.17) is 21.1 Å². The maximum Gasteiger partial charge on any atom is 0.269 e. The Morgan fingerprint density at radius 3 is 2.70 bits per heavy atom. The predicted octanol–water partition coefficient (Wildman–Crippen LogP) is 3.35. The predicted molar refractivity (Wildman–Crippen MR) is 116 cm³/mol. The summed E-state index contributed by atoms with van der Waals surface area (Å²) in [5, 5.41) is 0.254. The van der Waals surface area contributed by atoms with Crippen molar-refractivity contribution >= 4 is 29.1 Å². The van der Waals surface area contributed by atoms with Crippen LogP contribution in [0, 0.1) is 0 Å². The molecule has 0 aliphatic carbocycles. The number of halogens is 1. The van der Waals surface area contributed by atoms with Gasteiger partial charge < -0.3 is 14.4 Å². The third kappa shape index (κ3) is 5.16. The van der Waals surface area contributed by atoms with Gasteiger partial charge in [-0.3, -0.25) is 20.4 Å². The summed E-state index contributed by atoms with van der Waals surface area (Å²) >= 11 is 6.26. The number of rotatable bonds is 6. The average Bonchev–Trinajstić information content (AvgIpc) is 2.73. The third-order valence-electron chi connectivity index (χ3n) is 4.70. The van der Waals surface area contributed by atoms with E-state index in [0.29, 0.717) is 11.5 Å². The van der Waals surface area contributed by atoms with Crippen LogP contribution in [0.25, 0.3) is 0 Å². The molecular formula is C22H26ClN3O4. The Morgan fingerprint density at radius 1 is 1.20 bits per heavy atom. The maximum absolute atomic E-state index is 12.5. The van der Waals surface area contributed by atoms with Crippen molar-refractivity contribution in [1.82, 2.24) is 10.9 Å². The molecule has 30 heavy (non-hydrogen) atoms. The minimum Gasteiger partial charge on any atom is -0.493 e. The van der Waals surface area contributed by atoms with Gasteiger partial charge in [0.1, 0.15) is 0 Å². The Balaban J connectivity index is 1.62. The molecule has 1 aliphatic rings. The Kier molecular flexibility index (Phi) is 7.05. The van der Waals surface area contributed by atoms with Crippen molar-refractivity contribution in [1.29, 1.82) is 0 Å². The second-order valence-electron chi connectivity index (χ2n) is 7.31. The van der Waals surface area contributed by atoms with E-state index in [-0.39, 0.29) is 29.1 Å². The first kappa shape index (κ1) is 21.8. The molecule has 160 valence electrons. The summed E-state index contributed by atoms with van der Waals surface area (Å²) in [5.41, 5.74) is 7.43. The van der Waals surface area contributed by atoms with Gasteiger partial charge >= 0.3 is 0 Å². The Bertz CT molecular complexity index is 933. The van der Waals surface area contributed by atoms with E-state index >= 15 is 0 Å².